The van der Waals surface area contributed by atoms with Crippen molar-refractivity contribution in [1.82, 2.24) is 0 Å². The Kier molecular flexibility index (Phi) is 5.71. The smallest absolute Gasteiger partial charge is 0.538 e. The summed E-state index contributed by atoms with van der Waals surface area (Å²) in [5, 5.41) is 2.02. The third-order valence-corrected chi connectivity index (χ3v) is 5.55. The van der Waals surface area contributed by atoms with Gasteiger partial charge in [-0.1, -0.05) is 26.8 Å². The predicted molar refractivity (Wildman–Crippen MR) is 84.0 cm³/mol. The van der Waals surface area contributed by atoms with E-state index < -0.39 is 18.0 Å². The van der Waals surface area contributed by atoms with Gasteiger partial charge in [0.15, 0.2) is 0 Å². The molecule has 1 saturated heterocycles. The Morgan fingerprint density at radius 3 is 2.05 bits per heavy atom. The van der Waals surface area contributed by atoms with Crippen LogP contribution in [0, 0.1) is 0 Å². The molecule has 0 atom stereocenters. The molecule has 1 aromatic heterocycles. The molecule has 0 N–H and O–H groups in total. The van der Waals surface area contributed by atoms with E-state index in [1.807, 2.05) is 53.0 Å². The number of hydrogen-bond donors (Lipinski definition) is 0. The molecule has 1 fully saturated rings. The van der Waals surface area contributed by atoms with E-state index in [0.717, 1.165) is 9.25 Å². The molecule has 2 rings (SSSR count). The molecule has 0 amide bonds. The van der Waals surface area contributed by atoms with Crippen molar-refractivity contribution in [3.05, 3.63) is 15.9 Å². The zero-order valence-electron chi connectivity index (χ0n) is 13.3. The molecular weight excluding hydrogens is 334 g/mol. The van der Waals surface area contributed by atoms with Crippen molar-refractivity contribution in [3.8, 4) is 0 Å². The maximum absolute atomic E-state index is 6.27. The van der Waals surface area contributed by atoms with E-state index in [9.17, 15) is 0 Å². The molecule has 7 heteroatoms. The third kappa shape index (κ3) is 3.38. The van der Waals surface area contributed by atoms with Gasteiger partial charge in [0.2, 0.25) is 0 Å². The minimum absolute atomic E-state index is 0. The molecule has 20 heavy (non-hydrogen) atoms. The molecule has 1 aliphatic rings. The number of thiophene rings is 1. The van der Waals surface area contributed by atoms with Crippen LogP contribution in [-0.4, -0.2) is 24.1 Å². The van der Waals surface area contributed by atoms with Crippen molar-refractivity contribution in [2.45, 2.75) is 58.8 Å². The molecule has 0 aliphatic carbocycles. The fourth-order valence-electron chi connectivity index (χ4n) is 2.19. The van der Waals surface area contributed by atoms with Gasteiger partial charge in [0.1, 0.15) is 0 Å². The first-order chi connectivity index (χ1) is 8.58. The number of halogens is 1. The summed E-state index contributed by atoms with van der Waals surface area (Å²) in [6.45, 7) is 10.3. The van der Waals surface area contributed by atoms with Gasteiger partial charge in [0, 0.05) is 27.2 Å². The van der Waals surface area contributed by atoms with Crippen LogP contribution in [0.1, 0.15) is 41.5 Å². The van der Waals surface area contributed by atoms with Gasteiger partial charge >= 0.3 is 25.6 Å². The van der Waals surface area contributed by atoms with Crippen LogP contribution in [0.5, 0.6) is 0 Å². The minimum Gasteiger partial charge on any atom is -0.538 e. The van der Waals surface area contributed by atoms with Gasteiger partial charge in [-0.25, -0.2) is 0 Å². The predicted octanol–water partition coefficient (Wildman–Crippen LogP) is 0.690. The second kappa shape index (κ2) is 6.08. The summed E-state index contributed by atoms with van der Waals surface area (Å²) in [6.07, 6.45) is 0.0329. The first-order valence-electron chi connectivity index (χ1n) is 6.54. The van der Waals surface area contributed by atoms with Crippen LogP contribution in [0.4, 0.5) is 0 Å². The molecule has 1 aromatic rings. The van der Waals surface area contributed by atoms with E-state index >= 15 is 0 Å². The van der Waals surface area contributed by atoms with E-state index in [1.165, 1.54) is 0 Å². The zero-order valence-corrected chi connectivity index (χ0v) is 15.7. The van der Waals surface area contributed by atoms with E-state index in [2.05, 4.69) is 15.9 Å². The first kappa shape index (κ1) is 18.8. The van der Waals surface area contributed by atoms with Gasteiger partial charge in [-0.3, -0.25) is 0 Å². The maximum atomic E-state index is 6.27. The Hall–Kier alpha value is 0.722. The largest absolute Gasteiger partial charge is 1.00 e. The van der Waals surface area contributed by atoms with Crippen molar-refractivity contribution >= 4 is 38.8 Å². The minimum atomic E-state index is -1.89. The van der Waals surface area contributed by atoms with Crippen molar-refractivity contribution < 1.29 is 32.8 Å². The normalized spacial score (nSPS) is 22.8. The fourth-order valence-corrected chi connectivity index (χ4v) is 3.70. The Morgan fingerprint density at radius 1 is 1.20 bits per heavy atom. The molecule has 0 unspecified atom stereocenters. The summed E-state index contributed by atoms with van der Waals surface area (Å²) >= 11 is 5.08. The van der Waals surface area contributed by atoms with Crippen molar-refractivity contribution in [2.75, 3.05) is 0 Å². The van der Waals surface area contributed by atoms with E-state index in [-0.39, 0.29) is 25.0 Å². The van der Waals surface area contributed by atoms with Gasteiger partial charge in [-0.15, -0.1) is 0 Å². The molecule has 108 valence electrons. The molecule has 3 nitrogen and oxygen atoms in total. The van der Waals surface area contributed by atoms with Gasteiger partial charge < -0.3 is 14.0 Å². The Balaban J connectivity index is 0.00000200. The maximum Gasteiger partial charge on any atom is 1.00 e. The molecule has 0 radical (unpaired) electrons. The average molecular weight is 355 g/mol. The molecular formula is C13H21BBrLiO3S. The van der Waals surface area contributed by atoms with Crippen molar-refractivity contribution in [1.29, 1.82) is 0 Å². The summed E-state index contributed by atoms with van der Waals surface area (Å²) < 4.78 is 20.6. The summed E-state index contributed by atoms with van der Waals surface area (Å²) in [5.41, 5.74) is -0.809. The molecule has 0 saturated carbocycles. The van der Waals surface area contributed by atoms with Crippen LogP contribution in [0.3, 0.4) is 0 Å². The first-order valence-corrected chi connectivity index (χ1v) is 8.21. The number of rotatable bonds is 3. The Morgan fingerprint density at radius 2 is 1.70 bits per heavy atom. The van der Waals surface area contributed by atoms with E-state index in [0.29, 0.717) is 0 Å². The van der Waals surface area contributed by atoms with Crippen LogP contribution in [0.25, 0.3) is 0 Å². The van der Waals surface area contributed by atoms with Crippen LogP contribution in [0.2, 0.25) is 0 Å². The molecule has 0 spiro atoms. The van der Waals surface area contributed by atoms with Crippen molar-refractivity contribution in [3.63, 3.8) is 0 Å². The molecule has 2 heterocycles. The van der Waals surface area contributed by atoms with Gasteiger partial charge in [0.05, 0.1) is 0 Å². The second-order valence-electron chi connectivity index (χ2n) is 6.25. The monoisotopic (exact) mass is 354 g/mol. The second-order valence-corrected chi connectivity index (χ2v) is 8.11. The number of hydrogen-bond acceptors (Lipinski definition) is 4. The Bertz CT molecular complexity index is 460. The summed E-state index contributed by atoms with van der Waals surface area (Å²) in [5.74, 6) is 0. The zero-order chi connectivity index (χ0) is 14.5. The summed E-state index contributed by atoms with van der Waals surface area (Å²) in [7, 11) is 0. The van der Waals surface area contributed by atoms with Gasteiger partial charge in [-0.2, -0.15) is 11.3 Å². The van der Waals surface area contributed by atoms with E-state index in [4.69, 9.17) is 14.0 Å². The average Bonchev–Trinajstić information content (AvgIpc) is 2.68. The van der Waals surface area contributed by atoms with Crippen LogP contribution < -0.4 is 23.6 Å². The SMILES string of the molecule is CC(C)O[B-]1(c2cc(Br)cs2)OC(C)(C)C(C)(C)O1.[Li+]. The van der Waals surface area contributed by atoms with Crippen molar-refractivity contribution in [2.24, 2.45) is 0 Å². The summed E-state index contributed by atoms with van der Waals surface area (Å²) in [4.78, 5) is 0. The van der Waals surface area contributed by atoms with Crippen LogP contribution in [-0.2, 0) is 14.0 Å². The van der Waals surface area contributed by atoms with Crippen LogP contribution >= 0.6 is 27.3 Å². The third-order valence-electron chi connectivity index (χ3n) is 3.74. The molecule has 0 bridgehead atoms. The quantitative estimate of drug-likeness (QED) is 0.747. The van der Waals surface area contributed by atoms with Gasteiger partial charge in [0.25, 0.3) is 0 Å². The van der Waals surface area contributed by atoms with E-state index in [1.54, 1.807) is 11.3 Å². The molecule has 1 aliphatic heterocycles. The van der Waals surface area contributed by atoms with Gasteiger partial charge in [-0.05, 0) is 41.5 Å². The standard InChI is InChI=1S/C13H21BBrO3S.Li/c1-9(2)16-14(11-7-10(15)8-19-11)17-12(3,4)13(5,6)18-14;/h7-9H,1-6H3;/q-1;+1. The summed E-state index contributed by atoms with van der Waals surface area (Å²) in [6, 6.07) is 2.02. The van der Waals surface area contributed by atoms with Crippen LogP contribution in [0.15, 0.2) is 15.9 Å². The topological polar surface area (TPSA) is 27.7 Å². The molecule has 0 aromatic carbocycles. The fraction of sp³-hybridized carbons (Fsp3) is 0.692. The Labute approximate surface area is 146 Å².